The second kappa shape index (κ2) is 10.5. The van der Waals surface area contributed by atoms with Gasteiger partial charge in [-0.3, -0.25) is 0 Å². The van der Waals surface area contributed by atoms with Gasteiger partial charge in [-0.15, -0.1) is 0 Å². The van der Waals surface area contributed by atoms with E-state index in [4.69, 9.17) is 14.2 Å². The first-order chi connectivity index (χ1) is 16.3. The third kappa shape index (κ3) is 5.27. The van der Waals surface area contributed by atoms with Crippen molar-refractivity contribution < 1.29 is 15.6 Å². The predicted molar refractivity (Wildman–Crippen MR) is 137 cm³/mol. The quantitative estimate of drug-likeness (QED) is 0.433. The molecule has 0 spiro atoms. The van der Waals surface area contributed by atoms with Crippen LogP contribution >= 0.6 is 0 Å². The fraction of sp³-hybridized carbons (Fsp3) is 0.448. The van der Waals surface area contributed by atoms with E-state index >= 15 is 0 Å². The second-order valence-corrected chi connectivity index (χ2v) is 9.45. The Balaban J connectivity index is 0.00000274. The van der Waals surface area contributed by atoms with Gasteiger partial charge >= 0.3 is 0 Å². The van der Waals surface area contributed by atoms with Gasteiger partial charge in [0.15, 0.2) is 11.5 Å². The summed E-state index contributed by atoms with van der Waals surface area (Å²) in [5.74, 6) is 2.60. The summed E-state index contributed by atoms with van der Waals surface area (Å²) in [7, 11) is 0. The zero-order chi connectivity index (χ0) is 22.5. The van der Waals surface area contributed by atoms with Crippen LogP contribution in [-0.2, 0) is 0 Å². The first kappa shape index (κ1) is 22.1. The first-order valence-corrected chi connectivity index (χ1v) is 12.5. The van der Waals surface area contributed by atoms with Crippen LogP contribution in [0.25, 0.3) is 23.3 Å². The molecule has 0 aromatic heterocycles. The molecule has 3 aliphatic rings. The van der Waals surface area contributed by atoms with E-state index in [1.165, 1.54) is 54.4 Å². The van der Waals surface area contributed by atoms with Crippen molar-refractivity contribution in [2.75, 3.05) is 19.9 Å². The maximum atomic E-state index is 6.31. The average molecular weight is 448 g/mol. The van der Waals surface area contributed by atoms with Crippen LogP contribution in [0.2, 0.25) is 0 Å². The van der Waals surface area contributed by atoms with Crippen molar-refractivity contribution in [1.82, 2.24) is 5.32 Å². The molecule has 0 amide bonds. The molecule has 176 valence electrons. The summed E-state index contributed by atoms with van der Waals surface area (Å²) >= 11 is 0. The van der Waals surface area contributed by atoms with Gasteiger partial charge < -0.3 is 19.5 Å². The van der Waals surface area contributed by atoms with Gasteiger partial charge in [0.05, 0.1) is 6.61 Å². The van der Waals surface area contributed by atoms with Gasteiger partial charge in [-0.2, -0.15) is 0 Å². The molecule has 0 atom stereocenters. The summed E-state index contributed by atoms with van der Waals surface area (Å²) in [5.41, 5.74) is 6.05. The molecule has 2 aromatic rings. The van der Waals surface area contributed by atoms with E-state index in [1.54, 1.807) is 0 Å². The fourth-order valence-corrected chi connectivity index (χ4v) is 5.08. The van der Waals surface area contributed by atoms with E-state index in [2.05, 4.69) is 54.7 Å². The van der Waals surface area contributed by atoms with Crippen molar-refractivity contribution in [2.24, 2.45) is 0 Å². The van der Waals surface area contributed by atoms with Crippen LogP contribution in [0.5, 0.6) is 17.2 Å². The molecule has 1 fully saturated rings. The van der Waals surface area contributed by atoms with E-state index in [0.717, 1.165) is 61.3 Å². The largest absolute Gasteiger partial charge is 0.493 e. The van der Waals surface area contributed by atoms with Gasteiger partial charge in [-0.1, -0.05) is 55.2 Å². The van der Waals surface area contributed by atoms with Crippen LogP contribution in [-0.4, -0.2) is 26.0 Å². The number of benzene rings is 2. The molecule has 0 bridgehead atoms. The molecule has 2 aromatic carbocycles. The number of nitrogens with one attached hydrogen (secondary N) is 1. The Morgan fingerprint density at radius 3 is 2.79 bits per heavy atom. The number of hydrogen-bond acceptors (Lipinski definition) is 4. The van der Waals surface area contributed by atoms with Crippen LogP contribution in [0.15, 0.2) is 42.0 Å². The van der Waals surface area contributed by atoms with Crippen molar-refractivity contribution in [3.05, 3.63) is 53.1 Å². The highest BCUT2D eigenvalue weighted by Crippen LogP contribution is 2.41. The predicted octanol–water partition coefficient (Wildman–Crippen LogP) is 7.23. The van der Waals surface area contributed by atoms with Crippen LogP contribution < -0.4 is 19.5 Å². The molecule has 1 N–H and O–H groups in total. The summed E-state index contributed by atoms with van der Waals surface area (Å²) in [6, 6.07) is 11.2. The molecule has 0 radical (unpaired) electrons. The topological polar surface area (TPSA) is 39.7 Å². The normalized spacial score (nSPS) is 17.4. The van der Waals surface area contributed by atoms with Gasteiger partial charge in [0.1, 0.15) is 5.75 Å². The maximum Gasteiger partial charge on any atom is 0.231 e. The van der Waals surface area contributed by atoms with Crippen LogP contribution in [0.3, 0.4) is 0 Å². The molecule has 2 aliphatic carbocycles. The minimum absolute atomic E-state index is 0. The Labute approximate surface area is 199 Å². The second-order valence-electron chi connectivity index (χ2n) is 9.45. The summed E-state index contributed by atoms with van der Waals surface area (Å²) in [4.78, 5) is 0. The highest BCUT2D eigenvalue weighted by atomic mass is 16.7. The van der Waals surface area contributed by atoms with Crippen molar-refractivity contribution in [3.8, 4) is 28.4 Å². The van der Waals surface area contributed by atoms with E-state index in [-0.39, 0.29) is 1.43 Å². The smallest absolute Gasteiger partial charge is 0.231 e. The first-order valence-electron chi connectivity index (χ1n) is 12.5. The highest BCUT2D eigenvalue weighted by molar-refractivity contribution is 5.85. The molecule has 0 saturated heterocycles. The monoisotopic (exact) mass is 447 g/mol. The average Bonchev–Trinajstić information content (AvgIpc) is 3.22. The Kier molecular flexibility index (Phi) is 7.01. The number of unbranched alkanes of at least 4 members (excludes halogenated alkanes) is 1. The maximum absolute atomic E-state index is 6.31. The molecule has 1 saturated carbocycles. The Bertz CT molecular complexity index is 1040. The van der Waals surface area contributed by atoms with E-state index in [9.17, 15) is 0 Å². The van der Waals surface area contributed by atoms with E-state index in [0.29, 0.717) is 6.79 Å². The third-order valence-corrected chi connectivity index (χ3v) is 6.91. The zero-order valence-electron chi connectivity index (χ0n) is 19.7. The number of allylic oxidation sites excluding steroid dienone is 2. The molecule has 4 nitrogen and oxygen atoms in total. The lowest BCUT2D eigenvalue weighted by Gasteiger charge is -2.22. The van der Waals surface area contributed by atoms with E-state index < -0.39 is 0 Å². The molecule has 0 unspecified atom stereocenters. The number of hydrogen-bond donors (Lipinski definition) is 1. The van der Waals surface area contributed by atoms with Crippen LogP contribution in [0, 0.1) is 0 Å². The molecular weight excluding hydrogens is 410 g/mol. The molecule has 1 heterocycles. The number of ether oxygens (including phenoxy) is 3. The minimum atomic E-state index is 0. The standard InChI is InChI=1S/C29H35NO3.H2/c1-21-8-7-11-25-24(22-12-14-28-29(19-22)33-20-32-28)13-15-27(26(25)18-21)31-17-6-5-16-30-23-9-3-2-4-10-23;/h7,11-15,18-19,23,30H,2-6,8-10,16-17,20H2,1H3;1H. The van der Waals surface area contributed by atoms with Crippen LogP contribution in [0.1, 0.15) is 70.8 Å². The number of fused-ring (bicyclic) bond motifs is 2. The molecule has 1 aliphatic heterocycles. The van der Waals surface area contributed by atoms with E-state index in [1.807, 2.05) is 6.07 Å². The Morgan fingerprint density at radius 2 is 1.88 bits per heavy atom. The zero-order valence-corrected chi connectivity index (χ0v) is 19.7. The summed E-state index contributed by atoms with van der Waals surface area (Å²) < 4.78 is 17.4. The summed E-state index contributed by atoms with van der Waals surface area (Å²) in [5, 5.41) is 3.73. The fourth-order valence-electron chi connectivity index (χ4n) is 5.08. The molecule has 4 heteroatoms. The molecule has 5 rings (SSSR count). The summed E-state index contributed by atoms with van der Waals surface area (Å²) in [6.07, 6.45) is 16.8. The van der Waals surface area contributed by atoms with Gasteiger partial charge in [0.25, 0.3) is 0 Å². The minimum Gasteiger partial charge on any atom is -0.493 e. The number of rotatable bonds is 8. The SMILES string of the molecule is CC1=Cc2c(OCCCCNC3CCCCC3)ccc(-c3ccc4c(c3)OCO4)c2C=CC1.[HH]. The van der Waals surface area contributed by atoms with Crippen molar-refractivity contribution in [1.29, 1.82) is 0 Å². The van der Waals surface area contributed by atoms with Gasteiger partial charge in [0, 0.05) is 13.0 Å². The Morgan fingerprint density at radius 1 is 1.00 bits per heavy atom. The third-order valence-electron chi connectivity index (χ3n) is 6.91. The van der Waals surface area contributed by atoms with Crippen molar-refractivity contribution in [2.45, 2.75) is 64.3 Å². The van der Waals surface area contributed by atoms with Gasteiger partial charge in [0.2, 0.25) is 6.79 Å². The highest BCUT2D eigenvalue weighted by Gasteiger charge is 2.18. The van der Waals surface area contributed by atoms with Crippen molar-refractivity contribution in [3.63, 3.8) is 0 Å². The van der Waals surface area contributed by atoms with Gasteiger partial charge in [-0.05, 0) is 80.5 Å². The van der Waals surface area contributed by atoms with Crippen molar-refractivity contribution >= 4 is 12.2 Å². The Hall–Kier alpha value is -2.72. The lowest BCUT2D eigenvalue weighted by molar-refractivity contribution is 0.174. The lowest BCUT2D eigenvalue weighted by Crippen LogP contribution is -2.31. The lowest BCUT2D eigenvalue weighted by atomic mass is 9.94. The summed E-state index contributed by atoms with van der Waals surface area (Å²) in [6.45, 7) is 4.32. The van der Waals surface area contributed by atoms with Gasteiger partial charge in [-0.25, -0.2) is 0 Å². The van der Waals surface area contributed by atoms with Crippen LogP contribution in [0.4, 0.5) is 0 Å². The molecule has 33 heavy (non-hydrogen) atoms. The molecular formula is C29H37NO3.